The number of H-pyrrole nitrogens is 1. The Balaban J connectivity index is 1.60. The Hall–Kier alpha value is -4.18. The summed E-state index contributed by atoms with van der Waals surface area (Å²) in [6.07, 6.45) is 3.52. The highest BCUT2D eigenvalue weighted by Gasteiger charge is 2.20. The number of carbonyl (C=O) groups excluding carboxylic acids is 1. The Labute approximate surface area is 190 Å². The molecule has 0 spiro atoms. The van der Waals surface area contributed by atoms with E-state index in [9.17, 15) is 4.79 Å². The van der Waals surface area contributed by atoms with Crippen molar-refractivity contribution in [3.63, 3.8) is 0 Å². The monoisotopic (exact) mass is 445 g/mol. The zero-order chi connectivity index (χ0) is 22.8. The number of ether oxygens (including phenoxy) is 2. The van der Waals surface area contributed by atoms with Crippen LogP contribution < -0.4 is 15.5 Å². The number of nitrogens with zero attached hydrogens (tertiary/aromatic N) is 5. The Kier molecular flexibility index (Phi) is 5.49. The van der Waals surface area contributed by atoms with Gasteiger partial charge in [0.25, 0.3) is 0 Å². The van der Waals surface area contributed by atoms with E-state index < -0.39 is 5.97 Å². The van der Waals surface area contributed by atoms with E-state index in [0.29, 0.717) is 47.3 Å². The third kappa shape index (κ3) is 4.03. The molecule has 0 bridgehead atoms. The molecule has 3 aromatic heterocycles. The van der Waals surface area contributed by atoms with Crippen molar-refractivity contribution in [2.24, 2.45) is 0 Å². The van der Waals surface area contributed by atoms with Gasteiger partial charge in [-0.1, -0.05) is 6.07 Å². The lowest BCUT2D eigenvalue weighted by atomic mass is 10.2. The fourth-order valence-electron chi connectivity index (χ4n) is 3.82. The Bertz CT molecular complexity index is 1280. The lowest BCUT2D eigenvalue weighted by molar-refractivity contribution is 0.0600. The molecule has 0 radical (unpaired) electrons. The molecule has 1 fully saturated rings. The number of nitrogens with two attached hydrogens (primary N) is 1. The number of benzene rings is 1. The predicted octanol–water partition coefficient (Wildman–Crippen LogP) is 3.03. The van der Waals surface area contributed by atoms with Gasteiger partial charge in [-0.3, -0.25) is 4.90 Å². The molecule has 0 saturated carbocycles. The van der Waals surface area contributed by atoms with E-state index in [1.54, 1.807) is 30.6 Å². The highest BCUT2D eigenvalue weighted by molar-refractivity contribution is 5.92. The first-order valence-electron chi connectivity index (χ1n) is 10.5. The van der Waals surface area contributed by atoms with Crippen LogP contribution in [-0.2, 0) is 9.47 Å². The molecule has 5 rings (SSSR count). The third-order valence-corrected chi connectivity index (χ3v) is 5.47. The summed E-state index contributed by atoms with van der Waals surface area (Å²) < 4.78 is 10.3. The number of pyridine rings is 1. The molecule has 4 aromatic rings. The Morgan fingerprint density at radius 1 is 1.15 bits per heavy atom. The van der Waals surface area contributed by atoms with E-state index in [2.05, 4.69) is 24.8 Å². The molecule has 33 heavy (non-hydrogen) atoms. The lowest BCUT2D eigenvalue weighted by Crippen LogP contribution is -2.36. The molecular weight excluding hydrogens is 422 g/mol. The van der Waals surface area contributed by atoms with Gasteiger partial charge in [-0.25, -0.2) is 14.8 Å². The highest BCUT2D eigenvalue weighted by Crippen LogP contribution is 2.34. The maximum absolute atomic E-state index is 12.2. The van der Waals surface area contributed by atoms with E-state index in [1.165, 1.54) is 7.11 Å². The summed E-state index contributed by atoms with van der Waals surface area (Å²) in [5.74, 6) is 1.13. The van der Waals surface area contributed by atoms with Crippen LogP contribution in [0.15, 0.2) is 54.9 Å². The lowest BCUT2D eigenvalue weighted by Gasteiger charge is -2.28. The molecule has 1 aromatic carbocycles. The van der Waals surface area contributed by atoms with E-state index in [-0.39, 0.29) is 0 Å². The van der Waals surface area contributed by atoms with Gasteiger partial charge in [0, 0.05) is 19.3 Å². The van der Waals surface area contributed by atoms with Crippen molar-refractivity contribution >= 4 is 46.0 Å². The van der Waals surface area contributed by atoms with Crippen molar-refractivity contribution in [1.29, 1.82) is 0 Å². The van der Waals surface area contributed by atoms with Crippen LogP contribution in [0.2, 0.25) is 0 Å². The smallest absolute Gasteiger partial charge is 0.337 e. The van der Waals surface area contributed by atoms with Gasteiger partial charge in [-0.15, -0.1) is 0 Å². The van der Waals surface area contributed by atoms with Gasteiger partial charge in [-0.05, 0) is 36.4 Å². The highest BCUT2D eigenvalue weighted by atomic mass is 16.5. The van der Waals surface area contributed by atoms with Crippen molar-refractivity contribution in [3.8, 4) is 0 Å². The predicted molar refractivity (Wildman–Crippen MR) is 125 cm³/mol. The number of aromatic nitrogens is 4. The van der Waals surface area contributed by atoms with Crippen LogP contribution in [0.4, 0.5) is 29.0 Å². The van der Waals surface area contributed by atoms with Crippen LogP contribution in [0.1, 0.15) is 10.4 Å². The maximum Gasteiger partial charge on any atom is 0.337 e. The van der Waals surface area contributed by atoms with Gasteiger partial charge in [-0.2, -0.15) is 4.98 Å². The summed E-state index contributed by atoms with van der Waals surface area (Å²) in [5, 5.41) is 0. The summed E-state index contributed by atoms with van der Waals surface area (Å²) >= 11 is 0. The number of nitrogen functional groups attached to an aromatic ring is 1. The number of hydrogen-bond acceptors (Lipinski definition) is 9. The van der Waals surface area contributed by atoms with Crippen LogP contribution in [-0.4, -0.2) is 59.3 Å². The van der Waals surface area contributed by atoms with Crippen LogP contribution in [0.3, 0.4) is 0 Å². The SMILES string of the molecule is COC(=O)c1cccc(N(c2ccc(N3CCOCC3)nc2)c2nc(N)c3[nH]ccc3n2)c1. The molecule has 3 N–H and O–H groups in total. The number of hydrogen-bond donors (Lipinski definition) is 2. The van der Waals surface area contributed by atoms with Gasteiger partial charge in [0.1, 0.15) is 11.3 Å². The Morgan fingerprint density at radius 2 is 2.00 bits per heavy atom. The average molecular weight is 445 g/mol. The van der Waals surface area contributed by atoms with E-state index in [0.717, 1.165) is 24.6 Å². The molecule has 1 aliphatic heterocycles. The minimum Gasteiger partial charge on any atom is -0.465 e. The van der Waals surface area contributed by atoms with Crippen LogP contribution in [0, 0.1) is 0 Å². The maximum atomic E-state index is 12.2. The molecule has 10 nitrogen and oxygen atoms in total. The largest absolute Gasteiger partial charge is 0.465 e. The second-order valence-corrected chi connectivity index (χ2v) is 7.50. The summed E-state index contributed by atoms with van der Waals surface area (Å²) in [4.78, 5) is 33.1. The molecular formula is C23H23N7O3. The normalized spacial score (nSPS) is 13.8. The first-order chi connectivity index (χ1) is 16.1. The van der Waals surface area contributed by atoms with Crippen LogP contribution in [0.5, 0.6) is 0 Å². The van der Waals surface area contributed by atoms with Gasteiger partial charge in [0.15, 0.2) is 5.82 Å². The topological polar surface area (TPSA) is 122 Å². The number of methoxy groups -OCH3 is 1. The van der Waals surface area contributed by atoms with Crippen molar-refractivity contribution < 1.29 is 14.3 Å². The second kappa shape index (κ2) is 8.75. The number of fused-ring (bicyclic) bond motifs is 1. The summed E-state index contributed by atoms with van der Waals surface area (Å²) in [6.45, 7) is 2.95. The molecule has 168 valence electrons. The third-order valence-electron chi connectivity index (χ3n) is 5.47. The number of nitrogens with one attached hydrogen (secondary N) is 1. The number of esters is 1. The first kappa shape index (κ1) is 20.7. The zero-order valence-electron chi connectivity index (χ0n) is 18.1. The second-order valence-electron chi connectivity index (χ2n) is 7.50. The van der Waals surface area contributed by atoms with Crippen molar-refractivity contribution in [2.75, 3.05) is 48.9 Å². The number of rotatable bonds is 5. The number of anilines is 5. The van der Waals surface area contributed by atoms with Crippen molar-refractivity contribution in [2.45, 2.75) is 0 Å². The van der Waals surface area contributed by atoms with Crippen LogP contribution in [0.25, 0.3) is 11.0 Å². The van der Waals surface area contributed by atoms with E-state index >= 15 is 0 Å². The Morgan fingerprint density at radius 3 is 2.76 bits per heavy atom. The standard InChI is InChI=1S/C23H23N7O3/c1-32-22(31)15-3-2-4-16(13-15)30(23-27-18-7-8-25-20(18)21(24)28-23)17-5-6-19(26-14-17)29-9-11-33-12-10-29/h2-8,13-14,25H,9-12H2,1H3,(H2,24,27,28). The van der Waals surface area contributed by atoms with E-state index in [1.807, 2.05) is 29.2 Å². The quantitative estimate of drug-likeness (QED) is 0.446. The number of carbonyl (C=O) groups is 1. The zero-order valence-corrected chi connectivity index (χ0v) is 18.1. The summed E-state index contributed by atoms with van der Waals surface area (Å²) in [7, 11) is 1.35. The molecule has 0 aliphatic carbocycles. The average Bonchev–Trinajstić information content (AvgIpc) is 3.34. The summed E-state index contributed by atoms with van der Waals surface area (Å²) in [5.41, 5.74) is 9.36. The minimum absolute atomic E-state index is 0.326. The molecule has 1 aliphatic rings. The molecule has 4 heterocycles. The van der Waals surface area contributed by atoms with Gasteiger partial charge in [0.2, 0.25) is 5.95 Å². The first-order valence-corrected chi connectivity index (χ1v) is 10.5. The van der Waals surface area contributed by atoms with Crippen LogP contribution >= 0.6 is 0 Å². The van der Waals surface area contributed by atoms with Crippen molar-refractivity contribution in [3.05, 3.63) is 60.4 Å². The number of aromatic amines is 1. The molecule has 0 atom stereocenters. The molecule has 0 amide bonds. The molecule has 0 unspecified atom stereocenters. The molecule has 1 saturated heterocycles. The fourth-order valence-corrected chi connectivity index (χ4v) is 3.82. The minimum atomic E-state index is -0.431. The van der Waals surface area contributed by atoms with Gasteiger partial charge < -0.3 is 25.1 Å². The number of morpholine rings is 1. The van der Waals surface area contributed by atoms with Gasteiger partial charge >= 0.3 is 5.97 Å². The fraction of sp³-hybridized carbons (Fsp3) is 0.217. The van der Waals surface area contributed by atoms with Gasteiger partial charge in [0.05, 0.1) is 49.0 Å². The summed E-state index contributed by atoms with van der Waals surface area (Å²) in [6, 6.07) is 12.8. The molecule has 10 heteroatoms. The van der Waals surface area contributed by atoms with Crippen molar-refractivity contribution in [1.82, 2.24) is 19.9 Å². The van der Waals surface area contributed by atoms with E-state index in [4.69, 9.17) is 15.2 Å².